The fourth-order valence-electron chi connectivity index (χ4n) is 13.5. The number of rotatable bonds is 16. The first-order valence-corrected chi connectivity index (χ1v) is 36.3. The third kappa shape index (κ3) is 10.9. The summed E-state index contributed by atoms with van der Waals surface area (Å²) < 4.78 is 9.72. The normalized spacial score (nSPS) is 18.4. The topological polar surface area (TPSA) is 9.23 Å². The maximum absolute atomic E-state index is 4.83. The summed E-state index contributed by atoms with van der Waals surface area (Å²) in [6, 6.07) is 44.1. The first-order chi connectivity index (χ1) is 35.9. The molecule has 75 heavy (non-hydrogen) atoms. The molecule has 3 aliphatic rings. The molecule has 4 atom stereocenters. The molecule has 0 spiro atoms. The van der Waals surface area contributed by atoms with Crippen molar-refractivity contribution >= 4 is 37.5 Å². The molecule has 394 valence electrons. The third-order valence-electron chi connectivity index (χ3n) is 17.1. The van der Waals surface area contributed by atoms with Gasteiger partial charge < -0.3 is 4.74 Å². The van der Waals surface area contributed by atoms with Crippen LogP contribution < -0.4 is 8.79 Å². The Morgan fingerprint density at radius 3 is 0.693 bits per heavy atom. The van der Waals surface area contributed by atoms with Crippen molar-refractivity contribution < 1.29 is 4.74 Å². The number of hydrogen-bond donors (Lipinski definition) is 0. The van der Waals surface area contributed by atoms with Crippen LogP contribution in [0.15, 0.2) is 131 Å². The number of ether oxygens (including phenoxy) is 1. The molecule has 1 saturated carbocycles. The van der Waals surface area contributed by atoms with Gasteiger partial charge in [-0.2, -0.15) is 0 Å². The summed E-state index contributed by atoms with van der Waals surface area (Å²) in [5, 5.41) is 0. The number of allylic oxidation sites excluding steroid dienone is 2. The second-order valence-corrected chi connectivity index (χ2v) is 34.7. The summed E-state index contributed by atoms with van der Waals surface area (Å²) in [5.74, 6) is 4.62. The van der Waals surface area contributed by atoms with E-state index in [4.69, 9.17) is 4.74 Å². The monoisotopic (exact) mass is 1120 g/mol. The Morgan fingerprint density at radius 2 is 0.520 bits per heavy atom. The van der Waals surface area contributed by atoms with Crippen LogP contribution in [0, 0.1) is 11.8 Å². The molecule has 0 saturated heterocycles. The van der Waals surface area contributed by atoms with Crippen LogP contribution in [-0.4, -0.2) is 41.9 Å². The quantitative estimate of drug-likeness (QED) is 0.0878. The SMILES string of the molecule is CC(C)c1cccc(C(C)C)c1-c1cccc(-c2c(C(C)C)cccc2C(C)C)[c]1[Ge]1[CH]=C[C@@H]2[C@@H]3C=[CH][Ge]([c]4c(-c5c(C(C)C)cccc5C(C)C)cccc4-c4c(C(C)C)cccc4C(C)C)[C@@H]3[C@@H]21.CCOCC. The second-order valence-electron chi connectivity index (χ2n) is 24.6. The summed E-state index contributed by atoms with van der Waals surface area (Å²) in [6.07, 6.45) is 5.54. The Bertz CT molecular complexity index is 2540. The zero-order valence-electron chi connectivity index (χ0n) is 49.5. The van der Waals surface area contributed by atoms with Crippen molar-refractivity contribution in [1.29, 1.82) is 0 Å². The molecule has 2 radical (unpaired) electrons. The van der Waals surface area contributed by atoms with Crippen molar-refractivity contribution in [3.8, 4) is 44.5 Å². The molecule has 2 aliphatic heterocycles. The van der Waals surface area contributed by atoms with Gasteiger partial charge in [-0.25, -0.2) is 0 Å². The fraction of sp³-hybridized carbons (Fsp3) is 0.444. The van der Waals surface area contributed by atoms with Crippen molar-refractivity contribution in [2.24, 2.45) is 11.8 Å². The number of hydrogen-bond acceptors (Lipinski definition) is 1. The van der Waals surface area contributed by atoms with Crippen molar-refractivity contribution in [3.05, 3.63) is 176 Å². The molecular weight excluding hydrogens is 1030 g/mol. The van der Waals surface area contributed by atoms with Gasteiger partial charge in [0.15, 0.2) is 0 Å². The maximum Gasteiger partial charge on any atom is 0.0437 e. The molecular formula is C72H92Ge2O. The zero-order valence-corrected chi connectivity index (χ0v) is 53.6. The van der Waals surface area contributed by atoms with E-state index in [0.29, 0.717) is 68.7 Å². The largest absolute Gasteiger partial charge is 0.382 e. The average molecular weight is 1120 g/mol. The Labute approximate surface area is 465 Å². The Morgan fingerprint density at radius 1 is 0.320 bits per heavy atom. The maximum atomic E-state index is 4.83. The molecule has 0 unspecified atom stereocenters. The van der Waals surface area contributed by atoms with Crippen molar-refractivity contribution in [2.75, 3.05) is 13.2 Å². The van der Waals surface area contributed by atoms with Gasteiger partial charge >= 0.3 is 437 Å². The molecule has 9 rings (SSSR count). The Hall–Kier alpha value is -4.15. The van der Waals surface area contributed by atoms with Gasteiger partial charge in [-0.05, 0) is 13.8 Å². The summed E-state index contributed by atoms with van der Waals surface area (Å²) >= 11 is -4.51. The molecule has 0 amide bonds. The molecule has 1 nitrogen and oxygen atoms in total. The van der Waals surface area contributed by atoms with Gasteiger partial charge in [0.1, 0.15) is 0 Å². The molecule has 0 N–H and O–H groups in total. The second kappa shape index (κ2) is 24.2. The molecule has 0 bridgehead atoms. The van der Waals surface area contributed by atoms with E-state index in [1.165, 1.54) is 89.0 Å². The van der Waals surface area contributed by atoms with Crippen LogP contribution in [0.25, 0.3) is 44.5 Å². The Balaban J connectivity index is 0.00000143. The van der Waals surface area contributed by atoms with Gasteiger partial charge in [0.25, 0.3) is 0 Å². The molecule has 6 aromatic rings. The summed E-state index contributed by atoms with van der Waals surface area (Å²) in [7, 11) is 0. The van der Waals surface area contributed by atoms with Crippen LogP contribution >= 0.6 is 0 Å². The van der Waals surface area contributed by atoms with Crippen molar-refractivity contribution in [2.45, 2.75) is 181 Å². The van der Waals surface area contributed by atoms with Gasteiger partial charge in [0.2, 0.25) is 0 Å². The Kier molecular flexibility index (Phi) is 18.4. The predicted octanol–water partition coefficient (Wildman–Crippen LogP) is 19.7. The van der Waals surface area contributed by atoms with E-state index in [-0.39, 0.29) is 0 Å². The smallest absolute Gasteiger partial charge is 0.0437 e. The zero-order chi connectivity index (χ0) is 54.2. The van der Waals surface area contributed by atoms with Crippen LogP contribution in [0.1, 0.15) is 216 Å². The van der Waals surface area contributed by atoms with E-state index >= 15 is 0 Å². The molecule has 1 aliphatic carbocycles. The van der Waals surface area contributed by atoms with E-state index in [9.17, 15) is 0 Å². The first kappa shape index (κ1) is 57.0. The van der Waals surface area contributed by atoms with Crippen molar-refractivity contribution in [1.82, 2.24) is 0 Å². The van der Waals surface area contributed by atoms with E-state index in [1.807, 2.05) is 13.8 Å². The van der Waals surface area contributed by atoms with E-state index in [2.05, 4.69) is 242 Å². The molecule has 2 heterocycles. The minimum atomic E-state index is -2.26. The minimum Gasteiger partial charge on any atom is -0.382 e. The molecule has 1 fully saturated rings. The summed E-state index contributed by atoms with van der Waals surface area (Å²) in [5.41, 5.74) is 24.2. The predicted molar refractivity (Wildman–Crippen MR) is 333 cm³/mol. The first-order valence-electron chi connectivity index (χ1n) is 29.3. The fourth-order valence-corrected chi connectivity index (χ4v) is 32.3. The van der Waals surface area contributed by atoms with Crippen LogP contribution in [-0.2, 0) is 4.74 Å². The summed E-state index contributed by atoms with van der Waals surface area (Å²) in [6.45, 7) is 44.3. The van der Waals surface area contributed by atoms with Gasteiger partial charge in [-0.3, -0.25) is 0 Å². The standard InChI is InChI=1S/C68H82Ge2.C4H10O/c1-39(2)47-23-17-24-48(40(3)4)61(47)57-31-21-32-58(62-49(41(5)6)25-18-26-50(62)42(7)8)65(57)69-37-35-55-56-36-38-70(68(56)67(55)69)66-59(63-51(43(9)10)27-19-28-52(63)44(11)12)33-22-34-60(66)64-53(45(13)14)29-20-30-54(64)46(15)16;1-3-5-4-2/h17-46,55-56,67-68H,1-16H3;3-4H2,1-2H3/t55-,56+,67-,68+;. The van der Waals surface area contributed by atoms with E-state index in [1.54, 1.807) is 8.79 Å². The molecule has 6 aromatic carbocycles. The van der Waals surface area contributed by atoms with Gasteiger partial charge in [0.05, 0.1) is 0 Å². The molecule has 3 heteroatoms. The van der Waals surface area contributed by atoms with Crippen LogP contribution in [0.3, 0.4) is 0 Å². The van der Waals surface area contributed by atoms with Crippen LogP contribution in [0.4, 0.5) is 0 Å². The van der Waals surface area contributed by atoms with Gasteiger partial charge in [-0.1, -0.05) is 0 Å². The van der Waals surface area contributed by atoms with E-state index in [0.717, 1.165) is 13.2 Å². The van der Waals surface area contributed by atoms with Gasteiger partial charge in [-0.15, -0.1) is 0 Å². The van der Waals surface area contributed by atoms with Crippen LogP contribution in [0.2, 0.25) is 9.50 Å². The van der Waals surface area contributed by atoms with Crippen molar-refractivity contribution in [3.63, 3.8) is 0 Å². The minimum absolute atomic E-state index is 0.422. The van der Waals surface area contributed by atoms with Crippen LogP contribution in [0.5, 0.6) is 0 Å². The number of benzene rings is 6. The van der Waals surface area contributed by atoms with Gasteiger partial charge in [0, 0.05) is 13.2 Å². The van der Waals surface area contributed by atoms with E-state index < -0.39 is 28.7 Å². The third-order valence-corrected chi connectivity index (χ3v) is 31.7. The average Bonchev–Trinajstić information content (AvgIpc) is 3.94. The molecule has 0 aromatic heterocycles. The summed E-state index contributed by atoms with van der Waals surface area (Å²) in [4.78, 5) is 5.78. The number of fused-ring (bicyclic) bond motifs is 4.